The number of hydrogen-bond donors (Lipinski definition) is 1. The molecule has 0 atom stereocenters. The van der Waals surface area contributed by atoms with Gasteiger partial charge in [0.05, 0.1) is 0 Å². The number of ether oxygens (including phenoxy) is 1. The van der Waals surface area contributed by atoms with Crippen molar-refractivity contribution in [3.8, 4) is 5.75 Å². The molecule has 0 radical (unpaired) electrons. The van der Waals surface area contributed by atoms with Gasteiger partial charge in [-0.25, -0.2) is 9.97 Å². The van der Waals surface area contributed by atoms with Gasteiger partial charge in [0.15, 0.2) is 5.82 Å². The maximum atomic E-state index is 5.83. The van der Waals surface area contributed by atoms with Crippen molar-refractivity contribution >= 4 is 23.3 Å². The summed E-state index contributed by atoms with van der Waals surface area (Å²) in [6.07, 6.45) is 3.18. The molecule has 21 heavy (non-hydrogen) atoms. The summed E-state index contributed by atoms with van der Waals surface area (Å²) in [4.78, 5) is 12.5. The van der Waals surface area contributed by atoms with Gasteiger partial charge in [0.25, 0.3) is 0 Å². The van der Waals surface area contributed by atoms with Crippen LogP contribution in [0.15, 0.2) is 53.3 Å². The van der Waals surface area contributed by atoms with Crippen LogP contribution in [0.4, 0.5) is 5.82 Å². The minimum atomic E-state index is 0.329. The average molecular weight is 303 g/mol. The molecule has 0 fully saturated rings. The summed E-state index contributed by atoms with van der Waals surface area (Å²) in [7, 11) is 0. The van der Waals surface area contributed by atoms with Crippen LogP contribution < -0.4 is 10.5 Å². The molecule has 6 heteroatoms. The lowest BCUT2D eigenvalue weighted by molar-refractivity contribution is 0.554. The number of aromatic nitrogens is 2. The predicted octanol–water partition coefficient (Wildman–Crippen LogP) is 3.41. The molecule has 0 unspecified atom stereocenters. The molecule has 108 valence electrons. The van der Waals surface area contributed by atoms with Gasteiger partial charge < -0.3 is 10.5 Å². The Hall–Kier alpha value is -2.40. The number of allylic oxidation sites excluding steroid dienone is 1. The third-order valence-corrected chi connectivity index (χ3v) is 2.58. The Bertz CT molecular complexity index is 694. The first-order valence-electron chi connectivity index (χ1n) is 6.28. The normalized spacial score (nSPS) is 12.3. The molecule has 2 N–H and O–H groups in total. The first-order chi connectivity index (χ1) is 10.0. The van der Waals surface area contributed by atoms with Crippen LogP contribution in [0.25, 0.3) is 0 Å². The lowest BCUT2D eigenvalue weighted by atomic mass is 10.4. The second-order valence-electron chi connectivity index (χ2n) is 4.39. The smallest absolute Gasteiger partial charge is 0.222 e. The van der Waals surface area contributed by atoms with Gasteiger partial charge in [0, 0.05) is 29.7 Å². The summed E-state index contributed by atoms with van der Waals surface area (Å²) in [6, 6.07) is 8.84. The second kappa shape index (κ2) is 6.85. The van der Waals surface area contributed by atoms with Gasteiger partial charge in [0.1, 0.15) is 10.9 Å². The van der Waals surface area contributed by atoms with E-state index >= 15 is 0 Å². The number of halogens is 1. The van der Waals surface area contributed by atoms with Gasteiger partial charge in [0.2, 0.25) is 5.90 Å². The SMILES string of the molecule is CC(N)=CC(=Nc1cccc(C)n1)Oc1ccnc(Cl)c1. The Kier molecular flexibility index (Phi) is 4.90. The van der Waals surface area contributed by atoms with Crippen molar-refractivity contribution in [3.05, 3.63) is 59.1 Å². The van der Waals surface area contributed by atoms with Crippen LogP contribution in [0, 0.1) is 6.92 Å². The van der Waals surface area contributed by atoms with Gasteiger partial charge in [-0.2, -0.15) is 4.99 Å². The van der Waals surface area contributed by atoms with E-state index in [4.69, 9.17) is 22.1 Å². The lowest BCUT2D eigenvalue weighted by Gasteiger charge is -2.06. The summed E-state index contributed by atoms with van der Waals surface area (Å²) in [6.45, 7) is 3.65. The number of nitrogens with two attached hydrogens (primary N) is 1. The molecule has 0 bridgehead atoms. The van der Waals surface area contributed by atoms with Crippen LogP contribution >= 0.6 is 11.6 Å². The maximum absolute atomic E-state index is 5.83. The van der Waals surface area contributed by atoms with E-state index in [1.54, 1.807) is 37.4 Å². The lowest BCUT2D eigenvalue weighted by Crippen LogP contribution is -2.08. The molecule has 2 heterocycles. The molecule has 2 aromatic heterocycles. The van der Waals surface area contributed by atoms with E-state index in [1.807, 2.05) is 19.1 Å². The zero-order valence-corrected chi connectivity index (χ0v) is 12.5. The molecule has 2 aromatic rings. The van der Waals surface area contributed by atoms with Crippen LogP contribution in [0.1, 0.15) is 12.6 Å². The number of aliphatic imine (C=N–C) groups is 1. The molecular weight excluding hydrogens is 288 g/mol. The third kappa shape index (κ3) is 4.89. The molecule has 5 nitrogen and oxygen atoms in total. The largest absolute Gasteiger partial charge is 0.439 e. The minimum Gasteiger partial charge on any atom is -0.439 e. The number of hydrogen-bond acceptors (Lipinski definition) is 5. The summed E-state index contributed by atoms with van der Waals surface area (Å²) < 4.78 is 5.68. The minimum absolute atomic E-state index is 0.329. The van der Waals surface area contributed by atoms with Gasteiger partial charge in [-0.1, -0.05) is 17.7 Å². The predicted molar refractivity (Wildman–Crippen MR) is 83.9 cm³/mol. The summed E-state index contributed by atoms with van der Waals surface area (Å²) in [5.41, 5.74) is 7.14. The topological polar surface area (TPSA) is 73.4 Å². The van der Waals surface area contributed by atoms with Crippen molar-refractivity contribution in [1.29, 1.82) is 0 Å². The van der Waals surface area contributed by atoms with Crippen molar-refractivity contribution in [1.82, 2.24) is 9.97 Å². The van der Waals surface area contributed by atoms with E-state index < -0.39 is 0 Å². The molecular formula is C15H15ClN4O. The fraction of sp³-hybridized carbons (Fsp3) is 0.133. The van der Waals surface area contributed by atoms with E-state index in [0.29, 0.717) is 28.3 Å². The van der Waals surface area contributed by atoms with Gasteiger partial charge in [-0.3, -0.25) is 0 Å². The molecule has 2 rings (SSSR count). The highest BCUT2D eigenvalue weighted by atomic mass is 35.5. The molecule has 0 aliphatic rings. The Morgan fingerprint density at radius 2 is 2.19 bits per heavy atom. The third-order valence-electron chi connectivity index (χ3n) is 2.37. The Labute approximate surface area is 128 Å². The summed E-state index contributed by atoms with van der Waals surface area (Å²) in [5, 5.41) is 0.342. The average Bonchev–Trinajstić information content (AvgIpc) is 2.37. The Balaban J connectivity index is 2.32. The first kappa shape index (κ1) is 15.0. The molecule has 0 aromatic carbocycles. The van der Waals surface area contributed by atoms with Crippen LogP contribution in [-0.2, 0) is 0 Å². The van der Waals surface area contributed by atoms with Crippen LogP contribution in [0.3, 0.4) is 0 Å². The van der Waals surface area contributed by atoms with Crippen molar-refractivity contribution in [3.63, 3.8) is 0 Å². The molecule has 0 saturated carbocycles. The summed E-state index contributed by atoms with van der Waals surface area (Å²) in [5.74, 6) is 1.40. The van der Waals surface area contributed by atoms with Crippen LogP contribution in [-0.4, -0.2) is 15.9 Å². The zero-order valence-electron chi connectivity index (χ0n) is 11.7. The fourth-order valence-corrected chi connectivity index (χ4v) is 1.72. The van der Waals surface area contributed by atoms with Gasteiger partial charge in [-0.15, -0.1) is 0 Å². The molecule has 0 aliphatic heterocycles. The highest BCUT2D eigenvalue weighted by Crippen LogP contribution is 2.17. The van der Waals surface area contributed by atoms with E-state index in [2.05, 4.69) is 15.0 Å². The van der Waals surface area contributed by atoms with Crippen LogP contribution in [0.2, 0.25) is 5.15 Å². The van der Waals surface area contributed by atoms with Crippen molar-refractivity contribution in [2.24, 2.45) is 10.7 Å². The summed E-state index contributed by atoms with van der Waals surface area (Å²) >= 11 is 5.83. The van der Waals surface area contributed by atoms with E-state index in [9.17, 15) is 0 Å². The number of pyridine rings is 2. The monoisotopic (exact) mass is 302 g/mol. The molecule has 0 spiro atoms. The number of rotatable bonds is 3. The second-order valence-corrected chi connectivity index (χ2v) is 4.78. The van der Waals surface area contributed by atoms with Crippen molar-refractivity contribution in [2.45, 2.75) is 13.8 Å². The number of nitrogens with zero attached hydrogens (tertiary/aromatic N) is 3. The molecule has 0 amide bonds. The van der Waals surface area contributed by atoms with Crippen LogP contribution in [0.5, 0.6) is 5.75 Å². The van der Waals surface area contributed by atoms with E-state index in [-0.39, 0.29) is 0 Å². The van der Waals surface area contributed by atoms with E-state index in [1.165, 1.54) is 0 Å². The number of aryl methyl sites for hydroxylation is 1. The van der Waals surface area contributed by atoms with Crippen molar-refractivity contribution in [2.75, 3.05) is 0 Å². The first-order valence-corrected chi connectivity index (χ1v) is 6.66. The Morgan fingerprint density at radius 1 is 1.38 bits per heavy atom. The van der Waals surface area contributed by atoms with Gasteiger partial charge >= 0.3 is 0 Å². The standard InChI is InChI=1S/C15H15ClN4O/c1-10(17)8-15(20-14-5-3-4-11(2)19-14)21-12-6-7-18-13(16)9-12/h3-9H,17H2,1-2H3. The fourth-order valence-electron chi connectivity index (χ4n) is 1.55. The quantitative estimate of drug-likeness (QED) is 0.535. The van der Waals surface area contributed by atoms with E-state index in [0.717, 1.165) is 5.69 Å². The molecule has 0 aliphatic carbocycles. The maximum Gasteiger partial charge on any atom is 0.222 e. The zero-order chi connectivity index (χ0) is 15.2. The Morgan fingerprint density at radius 3 is 2.86 bits per heavy atom. The van der Waals surface area contributed by atoms with Crippen molar-refractivity contribution < 1.29 is 4.74 Å². The molecule has 0 saturated heterocycles. The van der Waals surface area contributed by atoms with Gasteiger partial charge in [-0.05, 0) is 32.0 Å². The highest BCUT2D eigenvalue weighted by Gasteiger charge is 2.03. The highest BCUT2D eigenvalue weighted by molar-refractivity contribution is 6.29.